The molecule has 3 aliphatic rings. The number of hydrogen-bond donors (Lipinski definition) is 2. The third kappa shape index (κ3) is 6.22. The van der Waals surface area contributed by atoms with Crippen LogP contribution in [0, 0.1) is 11.6 Å². The second kappa shape index (κ2) is 13.3. The molecule has 50 heavy (non-hydrogen) atoms. The Morgan fingerprint density at radius 2 is 1.46 bits per heavy atom. The summed E-state index contributed by atoms with van der Waals surface area (Å²) in [4.78, 5) is 28.9. The van der Waals surface area contributed by atoms with Gasteiger partial charge in [0, 0.05) is 54.8 Å². The molecule has 3 saturated heterocycles. The molecule has 3 aliphatic heterocycles. The summed E-state index contributed by atoms with van der Waals surface area (Å²) in [5.74, 6) is -2.64. The summed E-state index contributed by atoms with van der Waals surface area (Å²) < 4.78 is 29.9. The Morgan fingerprint density at radius 3 is 2.18 bits per heavy atom. The summed E-state index contributed by atoms with van der Waals surface area (Å²) in [5.41, 5.74) is 5.90. The summed E-state index contributed by atoms with van der Waals surface area (Å²) in [6.45, 7) is 4.17. The number of fused-ring (bicyclic) bond motifs is 1. The monoisotopic (exact) mass is 676 g/mol. The maximum atomic E-state index is 14.0. The zero-order chi connectivity index (χ0) is 34.4. The van der Waals surface area contributed by atoms with E-state index in [0.29, 0.717) is 36.4 Å². The number of phenolic OH excluding ortho intramolecular Hbond substituents is 1. The first-order valence-corrected chi connectivity index (χ1v) is 17.4. The van der Waals surface area contributed by atoms with E-state index in [1.165, 1.54) is 11.3 Å². The molecule has 2 aromatic heterocycles. The molecule has 0 radical (unpaired) electrons. The van der Waals surface area contributed by atoms with Gasteiger partial charge in [-0.15, -0.1) is 10.2 Å². The average molecular weight is 677 g/mol. The molecular weight excluding hydrogens is 638 g/mol. The van der Waals surface area contributed by atoms with Crippen LogP contribution in [0.25, 0.3) is 28.0 Å². The highest BCUT2D eigenvalue weighted by atomic mass is 19.1. The molecule has 11 heteroatoms. The van der Waals surface area contributed by atoms with Crippen molar-refractivity contribution < 1.29 is 23.5 Å². The molecule has 2 N–H and O–H groups in total. The van der Waals surface area contributed by atoms with Crippen molar-refractivity contribution in [1.82, 2.24) is 25.0 Å². The lowest BCUT2D eigenvalue weighted by Gasteiger charge is -2.42. The molecule has 5 aromatic rings. The molecule has 0 saturated carbocycles. The maximum absolute atomic E-state index is 14.0. The molecule has 5 heterocycles. The smallest absolute Gasteiger partial charge is 0.234 e. The van der Waals surface area contributed by atoms with Gasteiger partial charge in [0.05, 0.1) is 17.1 Å². The van der Waals surface area contributed by atoms with Crippen molar-refractivity contribution in [2.24, 2.45) is 0 Å². The number of imide groups is 1. The Morgan fingerprint density at radius 1 is 0.760 bits per heavy atom. The van der Waals surface area contributed by atoms with Crippen LogP contribution in [0.15, 0.2) is 79.0 Å². The Labute approximate surface area is 288 Å². The van der Waals surface area contributed by atoms with Crippen LogP contribution in [-0.4, -0.2) is 68.8 Å². The number of carbonyl (C=O) groups excluding carboxylic acids is 2. The minimum atomic E-state index is -1.04. The number of phenols is 1. The van der Waals surface area contributed by atoms with Crippen LogP contribution < -0.4 is 10.2 Å². The highest BCUT2D eigenvalue weighted by molar-refractivity contribution is 6.01. The van der Waals surface area contributed by atoms with Crippen molar-refractivity contribution in [2.75, 3.05) is 31.1 Å². The van der Waals surface area contributed by atoms with Crippen molar-refractivity contribution in [2.45, 2.75) is 56.4 Å². The summed E-state index contributed by atoms with van der Waals surface area (Å²) >= 11 is 0. The van der Waals surface area contributed by atoms with E-state index in [2.05, 4.69) is 61.7 Å². The van der Waals surface area contributed by atoms with Gasteiger partial charge < -0.3 is 19.5 Å². The van der Waals surface area contributed by atoms with Gasteiger partial charge in [-0.1, -0.05) is 24.3 Å². The fourth-order valence-corrected chi connectivity index (χ4v) is 7.97. The fraction of sp³-hybridized carbons (Fsp3) is 0.333. The zero-order valence-corrected chi connectivity index (χ0v) is 27.6. The van der Waals surface area contributed by atoms with E-state index >= 15 is 0 Å². The molecule has 1 unspecified atom stereocenters. The van der Waals surface area contributed by atoms with E-state index < -0.39 is 17.4 Å². The van der Waals surface area contributed by atoms with Gasteiger partial charge >= 0.3 is 0 Å². The molecule has 0 bridgehead atoms. The first-order valence-electron chi connectivity index (χ1n) is 17.4. The molecule has 0 aliphatic carbocycles. The van der Waals surface area contributed by atoms with Gasteiger partial charge in [0.25, 0.3) is 0 Å². The Kier molecular flexibility index (Phi) is 8.52. The number of likely N-dealkylation sites (tertiary alicyclic amines) is 1. The molecule has 2 amide bonds. The number of benzene rings is 3. The van der Waals surface area contributed by atoms with Crippen molar-refractivity contribution in [3.05, 3.63) is 102 Å². The lowest BCUT2D eigenvalue weighted by molar-refractivity contribution is -0.134. The van der Waals surface area contributed by atoms with Gasteiger partial charge in [-0.3, -0.25) is 14.9 Å². The van der Waals surface area contributed by atoms with Gasteiger partial charge in [-0.2, -0.15) is 0 Å². The molecule has 9 nitrogen and oxygen atoms in total. The summed E-state index contributed by atoms with van der Waals surface area (Å²) in [6.07, 6.45) is 7.32. The van der Waals surface area contributed by atoms with E-state index in [4.69, 9.17) is 0 Å². The summed E-state index contributed by atoms with van der Waals surface area (Å²) in [5, 5.41) is 21.0. The average Bonchev–Trinajstić information content (AvgIpc) is 3.57. The number of aromatic hydroxyl groups is 1. The highest BCUT2D eigenvalue weighted by Gasteiger charge is 2.30. The third-order valence-corrected chi connectivity index (χ3v) is 10.8. The van der Waals surface area contributed by atoms with E-state index in [0.717, 1.165) is 74.7 Å². The van der Waals surface area contributed by atoms with Gasteiger partial charge in [0.2, 0.25) is 11.8 Å². The predicted octanol–water partition coefficient (Wildman–Crippen LogP) is 6.44. The van der Waals surface area contributed by atoms with Gasteiger partial charge in [0.1, 0.15) is 11.3 Å². The number of halogens is 2. The number of hydrogen-bond acceptors (Lipinski definition) is 7. The number of amides is 2. The van der Waals surface area contributed by atoms with E-state index in [9.17, 15) is 23.5 Å². The maximum Gasteiger partial charge on any atom is 0.234 e. The van der Waals surface area contributed by atoms with Crippen molar-refractivity contribution in [1.29, 1.82) is 0 Å². The lowest BCUT2D eigenvalue weighted by atomic mass is 9.88. The van der Waals surface area contributed by atoms with Crippen molar-refractivity contribution >= 4 is 28.5 Å². The number of nitrogens with one attached hydrogen (secondary N) is 1. The number of anilines is 1. The van der Waals surface area contributed by atoms with Crippen molar-refractivity contribution in [3.8, 4) is 22.7 Å². The minimum absolute atomic E-state index is 0.0461. The summed E-state index contributed by atoms with van der Waals surface area (Å²) in [7, 11) is 0. The largest absolute Gasteiger partial charge is 0.504 e. The van der Waals surface area contributed by atoms with Crippen LogP contribution >= 0.6 is 0 Å². The number of piperidine rings is 3. The standard InChI is InChI=1S/C39H38F2N6O3/c40-27-21-32(38(49)33(41)22-27)35-23-36-34(43-44-35)15-20-47(36)30-7-1-24(2-8-30)25-11-16-45(17-12-25)29-13-18-46(19-14-29)28-5-3-26(4-6-28)31-9-10-37(48)42-39(31)50/h1-8,15,20-23,25,29,31,49H,9-14,16-19H2,(H,42,48,50). The van der Waals surface area contributed by atoms with E-state index in [1.54, 1.807) is 6.07 Å². The topological polar surface area (TPSA) is 104 Å². The normalized spacial score (nSPS) is 19.6. The third-order valence-electron chi connectivity index (χ3n) is 10.8. The van der Waals surface area contributed by atoms with Crippen LogP contribution in [-0.2, 0) is 9.59 Å². The molecular formula is C39H38F2N6O3. The van der Waals surface area contributed by atoms with Gasteiger partial charge in [-0.25, -0.2) is 8.78 Å². The SMILES string of the molecule is O=C1CCC(c2ccc(N3CCC(N4CCC(c5ccc(-n6ccc7nnc(-c8cc(F)cc(F)c8O)cc76)cc5)CC4)CC3)cc2)C(=O)N1. The first-order chi connectivity index (χ1) is 24.3. The highest BCUT2D eigenvalue weighted by Crippen LogP contribution is 2.35. The van der Waals surface area contributed by atoms with E-state index in [-0.39, 0.29) is 29.0 Å². The second-order valence-electron chi connectivity index (χ2n) is 13.7. The molecule has 3 aromatic carbocycles. The molecule has 3 fully saturated rings. The van der Waals surface area contributed by atoms with Gasteiger partial charge in [0.15, 0.2) is 11.6 Å². The quantitative estimate of drug-likeness (QED) is 0.200. The zero-order valence-electron chi connectivity index (χ0n) is 27.6. The lowest BCUT2D eigenvalue weighted by Crippen LogP contribution is -2.47. The predicted molar refractivity (Wildman–Crippen MR) is 186 cm³/mol. The number of rotatable bonds is 6. The number of carbonyl (C=O) groups is 2. The molecule has 0 spiro atoms. The Hall–Kier alpha value is -5.16. The Bertz CT molecular complexity index is 2050. The summed E-state index contributed by atoms with van der Waals surface area (Å²) in [6, 6.07) is 22.7. The van der Waals surface area contributed by atoms with Crippen LogP contribution in [0.4, 0.5) is 14.5 Å². The molecule has 8 rings (SSSR count). The Balaban J connectivity index is 0.865. The minimum Gasteiger partial charge on any atom is -0.504 e. The number of aromatic nitrogens is 3. The van der Waals surface area contributed by atoms with Crippen LogP contribution in [0.3, 0.4) is 0 Å². The van der Waals surface area contributed by atoms with Crippen LogP contribution in [0.1, 0.15) is 61.5 Å². The van der Waals surface area contributed by atoms with Crippen molar-refractivity contribution in [3.63, 3.8) is 0 Å². The molecule has 256 valence electrons. The van der Waals surface area contributed by atoms with Crippen LogP contribution in [0.2, 0.25) is 0 Å². The fourth-order valence-electron chi connectivity index (χ4n) is 7.97. The second-order valence-corrected chi connectivity index (χ2v) is 13.7. The molecule has 1 atom stereocenters. The first kappa shape index (κ1) is 32.1. The van der Waals surface area contributed by atoms with Crippen LogP contribution in [0.5, 0.6) is 5.75 Å². The van der Waals surface area contributed by atoms with E-state index in [1.807, 2.05) is 29.0 Å². The number of nitrogens with zero attached hydrogens (tertiary/aromatic N) is 5. The van der Waals surface area contributed by atoms with Gasteiger partial charge in [-0.05, 0) is 105 Å².